The number of anilines is 1. The number of thioether (sulfide) groups is 1. The third-order valence-corrected chi connectivity index (χ3v) is 7.03. The Morgan fingerprint density at radius 1 is 1.24 bits per heavy atom. The number of hydrogen-bond donors (Lipinski definition) is 1. The second-order valence-electron chi connectivity index (χ2n) is 7.03. The molecule has 0 spiro atoms. The fourth-order valence-electron chi connectivity index (χ4n) is 3.25. The van der Waals surface area contributed by atoms with Gasteiger partial charge in [-0.05, 0) is 50.1 Å². The van der Waals surface area contributed by atoms with Gasteiger partial charge in [0, 0.05) is 28.9 Å². The molecule has 3 rings (SSSR count). The van der Waals surface area contributed by atoms with Crippen LogP contribution in [0.4, 0.5) is 5.00 Å². The van der Waals surface area contributed by atoms with Gasteiger partial charge in [0.05, 0.1) is 25.5 Å². The maximum Gasteiger partial charge on any atom is 0.341 e. The van der Waals surface area contributed by atoms with Crippen molar-refractivity contribution in [1.82, 2.24) is 4.90 Å². The molecule has 0 radical (unpaired) electrons. The van der Waals surface area contributed by atoms with Crippen LogP contribution in [0.2, 0.25) is 0 Å². The van der Waals surface area contributed by atoms with Crippen LogP contribution in [0.25, 0.3) is 0 Å². The molecule has 6 nitrogen and oxygen atoms in total. The van der Waals surface area contributed by atoms with Crippen molar-refractivity contribution in [2.45, 2.75) is 37.8 Å². The van der Waals surface area contributed by atoms with Gasteiger partial charge in [-0.25, -0.2) is 4.79 Å². The van der Waals surface area contributed by atoms with Crippen LogP contribution in [0.5, 0.6) is 5.75 Å². The first kappa shape index (κ1) is 21.7. The molecule has 1 aliphatic heterocycles. The summed E-state index contributed by atoms with van der Waals surface area (Å²) in [6.45, 7) is 6.02. The monoisotopic (exact) mass is 434 g/mol. The Morgan fingerprint density at radius 3 is 2.59 bits per heavy atom. The molecule has 1 aliphatic rings. The van der Waals surface area contributed by atoms with Gasteiger partial charge in [0.15, 0.2) is 0 Å². The Kier molecular flexibility index (Phi) is 7.21. The van der Waals surface area contributed by atoms with E-state index < -0.39 is 5.97 Å². The zero-order valence-corrected chi connectivity index (χ0v) is 18.7. The number of ether oxygens (including phenoxy) is 2. The van der Waals surface area contributed by atoms with E-state index in [2.05, 4.69) is 24.1 Å². The molecule has 0 bridgehead atoms. The Hall–Kier alpha value is -2.03. The van der Waals surface area contributed by atoms with Gasteiger partial charge in [0.2, 0.25) is 5.91 Å². The van der Waals surface area contributed by atoms with Gasteiger partial charge in [-0.3, -0.25) is 9.69 Å². The smallest absolute Gasteiger partial charge is 0.341 e. The number of fused-ring (bicyclic) bond motifs is 1. The number of carbonyl (C=O) groups is 2. The van der Waals surface area contributed by atoms with Gasteiger partial charge in [-0.2, -0.15) is 0 Å². The molecule has 8 heteroatoms. The molecule has 0 unspecified atom stereocenters. The summed E-state index contributed by atoms with van der Waals surface area (Å²) in [6.07, 6.45) is 0.783. The first-order valence-electron chi connectivity index (χ1n) is 9.46. The topological polar surface area (TPSA) is 67.9 Å². The van der Waals surface area contributed by atoms with Crippen molar-refractivity contribution in [2.75, 3.05) is 31.8 Å². The standard InChI is InChI=1S/C21H26N2O4S2/c1-13(2)23-10-9-16-17(11-23)29-20(19(16)21(25)27-4)22-18(24)12-28-15-7-5-14(26-3)6-8-15/h5-8,13H,9-12H2,1-4H3,(H,22,24). The minimum absolute atomic E-state index is 0.143. The zero-order valence-electron chi connectivity index (χ0n) is 17.1. The molecule has 0 fully saturated rings. The Balaban J connectivity index is 1.72. The first-order valence-corrected chi connectivity index (χ1v) is 11.3. The summed E-state index contributed by atoms with van der Waals surface area (Å²) < 4.78 is 10.1. The number of amides is 1. The van der Waals surface area contributed by atoms with Gasteiger partial charge < -0.3 is 14.8 Å². The summed E-state index contributed by atoms with van der Waals surface area (Å²) >= 11 is 2.92. The predicted molar refractivity (Wildman–Crippen MR) is 117 cm³/mol. The Labute approximate surface area is 179 Å². The van der Waals surface area contributed by atoms with Crippen LogP contribution in [-0.4, -0.2) is 49.3 Å². The molecule has 0 atom stereocenters. The van der Waals surface area contributed by atoms with Crippen LogP contribution in [0.1, 0.15) is 34.6 Å². The zero-order chi connectivity index (χ0) is 21.0. The number of benzene rings is 1. The van der Waals surface area contributed by atoms with Crippen LogP contribution >= 0.6 is 23.1 Å². The first-order chi connectivity index (χ1) is 13.9. The predicted octanol–water partition coefficient (Wildman–Crippen LogP) is 4.04. The van der Waals surface area contributed by atoms with Crippen molar-refractivity contribution < 1.29 is 19.1 Å². The quantitative estimate of drug-likeness (QED) is 0.524. The molecule has 2 heterocycles. The average molecular weight is 435 g/mol. The van der Waals surface area contributed by atoms with Crippen molar-refractivity contribution in [2.24, 2.45) is 0 Å². The minimum Gasteiger partial charge on any atom is -0.497 e. The lowest BCUT2D eigenvalue weighted by atomic mass is 10.0. The molecular weight excluding hydrogens is 408 g/mol. The highest BCUT2D eigenvalue weighted by atomic mass is 32.2. The highest BCUT2D eigenvalue weighted by Gasteiger charge is 2.29. The lowest BCUT2D eigenvalue weighted by molar-refractivity contribution is -0.113. The molecule has 0 aliphatic carbocycles. The summed E-state index contributed by atoms with van der Waals surface area (Å²) in [6, 6.07) is 8.00. The largest absolute Gasteiger partial charge is 0.497 e. The molecular formula is C21H26N2O4S2. The number of hydrogen-bond acceptors (Lipinski definition) is 7. The van der Waals surface area contributed by atoms with E-state index >= 15 is 0 Å². The van der Waals surface area contributed by atoms with Crippen molar-refractivity contribution in [3.63, 3.8) is 0 Å². The summed E-state index contributed by atoms with van der Waals surface area (Å²) in [7, 11) is 3.00. The number of methoxy groups -OCH3 is 2. The van der Waals surface area contributed by atoms with E-state index in [4.69, 9.17) is 9.47 Å². The van der Waals surface area contributed by atoms with E-state index in [1.165, 1.54) is 30.2 Å². The van der Waals surface area contributed by atoms with E-state index in [-0.39, 0.29) is 11.7 Å². The van der Waals surface area contributed by atoms with Crippen molar-refractivity contribution in [3.05, 3.63) is 40.3 Å². The molecule has 0 saturated heterocycles. The molecule has 0 saturated carbocycles. The highest BCUT2D eigenvalue weighted by molar-refractivity contribution is 8.00. The third kappa shape index (κ3) is 5.12. The molecule has 1 N–H and O–H groups in total. The van der Waals surface area contributed by atoms with Gasteiger partial charge in [0.25, 0.3) is 0 Å². The van der Waals surface area contributed by atoms with Crippen LogP contribution in [0.15, 0.2) is 29.2 Å². The van der Waals surface area contributed by atoms with E-state index in [1.807, 2.05) is 24.3 Å². The Morgan fingerprint density at radius 2 is 1.97 bits per heavy atom. The molecule has 29 heavy (non-hydrogen) atoms. The molecule has 1 aromatic heterocycles. The average Bonchev–Trinajstić information content (AvgIpc) is 3.08. The van der Waals surface area contributed by atoms with Gasteiger partial charge in [-0.1, -0.05) is 0 Å². The molecule has 156 valence electrons. The summed E-state index contributed by atoms with van der Waals surface area (Å²) in [4.78, 5) is 29.4. The highest BCUT2D eigenvalue weighted by Crippen LogP contribution is 2.38. The second kappa shape index (κ2) is 9.65. The van der Waals surface area contributed by atoms with E-state index in [1.54, 1.807) is 7.11 Å². The lowest BCUT2D eigenvalue weighted by Gasteiger charge is -2.30. The summed E-state index contributed by atoms with van der Waals surface area (Å²) in [5, 5.41) is 3.53. The van der Waals surface area contributed by atoms with Crippen LogP contribution in [-0.2, 0) is 22.5 Å². The van der Waals surface area contributed by atoms with Crippen LogP contribution in [0, 0.1) is 0 Å². The van der Waals surface area contributed by atoms with E-state index in [0.717, 1.165) is 40.6 Å². The number of nitrogens with zero attached hydrogens (tertiary/aromatic N) is 1. The lowest BCUT2D eigenvalue weighted by Crippen LogP contribution is -2.35. The van der Waals surface area contributed by atoms with Crippen LogP contribution < -0.4 is 10.1 Å². The molecule has 1 aromatic carbocycles. The van der Waals surface area contributed by atoms with Gasteiger partial charge >= 0.3 is 5.97 Å². The molecule has 1 amide bonds. The van der Waals surface area contributed by atoms with E-state index in [9.17, 15) is 9.59 Å². The Bertz CT molecular complexity index is 878. The number of thiophene rings is 1. The SMILES string of the molecule is COC(=O)c1c(NC(=O)CSc2ccc(OC)cc2)sc2c1CCN(C(C)C)C2. The number of carbonyl (C=O) groups excluding carboxylic acids is 2. The van der Waals surface area contributed by atoms with Crippen molar-refractivity contribution in [3.8, 4) is 5.75 Å². The number of esters is 1. The normalized spacial score (nSPS) is 13.8. The number of rotatable bonds is 7. The summed E-state index contributed by atoms with van der Waals surface area (Å²) in [5.41, 5.74) is 1.52. The maximum absolute atomic E-state index is 12.5. The van der Waals surface area contributed by atoms with Crippen molar-refractivity contribution >= 4 is 40.0 Å². The fourth-order valence-corrected chi connectivity index (χ4v) is 5.23. The van der Waals surface area contributed by atoms with Crippen molar-refractivity contribution in [1.29, 1.82) is 0 Å². The molecule has 2 aromatic rings. The third-order valence-electron chi connectivity index (χ3n) is 4.89. The van der Waals surface area contributed by atoms with Gasteiger partial charge in [0.1, 0.15) is 10.8 Å². The van der Waals surface area contributed by atoms with E-state index in [0.29, 0.717) is 16.6 Å². The summed E-state index contributed by atoms with van der Waals surface area (Å²) in [5.74, 6) is 0.503. The second-order valence-corrected chi connectivity index (χ2v) is 9.18. The van der Waals surface area contributed by atoms with Gasteiger partial charge in [-0.15, -0.1) is 23.1 Å². The maximum atomic E-state index is 12.5. The fraction of sp³-hybridized carbons (Fsp3) is 0.429. The number of nitrogens with one attached hydrogen (secondary N) is 1. The van der Waals surface area contributed by atoms with Crippen LogP contribution in [0.3, 0.4) is 0 Å². The minimum atomic E-state index is -0.390.